The molecule has 7 heteroatoms. The number of hydrogen-bond acceptors (Lipinski definition) is 3. The van der Waals surface area contributed by atoms with E-state index in [9.17, 15) is 19.8 Å². The molecule has 0 spiro atoms. The third-order valence-electron chi connectivity index (χ3n) is 7.35. The Morgan fingerprint density at radius 2 is 1.18 bits per heavy atom. The first-order valence-electron chi connectivity index (χ1n) is 13.2. The minimum Gasteiger partial charge on any atom is -0.497 e. The van der Waals surface area contributed by atoms with Gasteiger partial charge in [0.05, 0.1) is 13.0 Å². The molecule has 3 aromatic carbocycles. The van der Waals surface area contributed by atoms with Crippen molar-refractivity contribution in [2.75, 3.05) is 7.11 Å². The number of aliphatic carboxylic acids is 2. The smallest absolute Gasteiger partial charge is 0.303 e. The number of fused-ring (bicyclic) bond motifs is 2. The monoisotopic (exact) mass is 524 g/mol. The van der Waals surface area contributed by atoms with E-state index < -0.39 is 11.9 Å². The zero-order valence-corrected chi connectivity index (χ0v) is 21.9. The van der Waals surface area contributed by atoms with Crippen molar-refractivity contribution < 1.29 is 24.5 Å². The van der Waals surface area contributed by atoms with Crippen molar-refractivity contribution in [2.45, 2.75) is 44.4 Å². The van der Waals surface area contributed by atoms with Gasteiger partial charge in [-0.05, 0) is 66.6 Å². The van der Waals surface area contributed by atoms with Gasteiger partial charge in [-0.25, -0.2) is 0 Å². The van der Waals surface area contributed by atoms with E-state index in [1.807, 2.05) is 48.5 Å². The third kappa shape index (κ3) is 5.53. The third-order valence-corrected chi connectivity index (χ3v) is 7.35. The molecular formula is C32H32N2O5. The van der Waals surface area contributed by atoms with Crippen LogP contribution in [0, 0.1) is 0 Å². The standard InChI is InChI=1S/C32H32N2O5/c1-39-21-18-16-20(17-19-21)30(31-24(10-6-14-28(35)36)22-8-2-4-12-26(22)33-31)32-25(11-7-15-29(37)38)23-9-3-5-13-27(23)34-32/h2-5,8-9,12-13,16-19,30,33-34H,6-7,10-11,14-15H2,1H3,(H,35,36)(H,37,38). The van der Waals surface area contributed by atoms with Gasteiger partial charge < -0.3 is 24.9 Å². The molecule has 0 aliphatic heterocycles. The Labute approximate surface area is 226 Å². The first-order chi connectivity index (χ1) is 19.0. The molecule has 7 nitrogen and oxygen atoms in total. The van der Waals surface area contributed by atoms with Crippen LogP contribution in [-0.4, -0.2) is 39.2 Å². The van der Waals surface area contributed by atoms with Crippen LogP contribution < -0.4 is 4.74 Å². The number of H-pyrrole nitrogens is 2. The van der Waals surface area contributed by atoms with Crippen molar-refractivity contribution in [3.8, 4) is 5.75 Å². The summed E-state index contributed by atoms with van der Waals surface area (Å²) >= 11 is 0. The van der Waals surface area contributed by atoms with Crippen molar-refractivity contribution in [3.05, 3.63) is 101 Å². The molecular weight excluding hydrogens is 492 g/mol. The molecule has 0 saturated heterocycles. The van der Waals surface area contributed by atoms with Gasteiger partial charge in [0.15, 0.2) is 0 Å². The van der Waals surface area contributed by atoms with Crippen LogP contribution in [0.25, 0.3) is 21.8 Å². The van der Waals surface area contributed by atoms with E-state index in [1.54, 1.807) is 7.11 Å². The number of hydrogen-bond donors (Lipinski definition) is 4. The van der Waals surface area contributed by atoms with Crippen molar-refractivity contribution in [1.29, 1.82) is 0 Å². The molecule has 2 aromatic heterocycles. The summed E-state index contributed by atoms with van der Waals surface area (Å²) in [6.45, 7) is 0. The van der Waals surface area contributed by atoms with Gasteiger partial charge in [0.2, 0.25) is 0 Å². The summed E-state index contributed by atoms with van der Waals surface area (Å²) in [5.41, 5.74) is 7.27. The number of ether oxygens (including phenoxy) is 1. The molecule has 0 fully saturated rings. The first-order valence-corrected chi connectivity index (χ1v) is 13.2. The lowest BCUT2D eigenvalue weighted by atomic mass is 9.85. The second-order valence-electron chi connectivity index (χ2n) is 9.83. The zero-order chi connectivity index (χ0) is 27.4. The van der Waals surface area contributed by atoms with Gasteiger partial charge in [-0.2, -0.15) is 0 Å². The molecule has 4 N–H and O–H groups in total. The lowest BCUT2D eigenvalue weighted by Crippen LogP contribution is -2.10. The predicted molar refractivity (Wildman–Crippen MR) is 152 cm³/mol. The van der Waals surface area contributed by atoms with Gasteiger partial charge in [0, 0.05) is 46.0 Å². The highest BCUT2D eigenvalue weighted by molar-refractivity contribution is 5.88. The van der Waals surface area contributed by atoms with Crippen LogP contribution in [0.3, 0.4) is 0 Å². The fourth-order valence-electron chi connectivity index (χ4n) is 5.58. The Hall–Kier alpha value is -4.52. The Bertz CT molecular complexity index is 1520. The number of nitrogens with one attached hydrogen (secondary N) is 2. The Balaban J connectivity index is 1.72. The average molecular weight is 525 g/mol. The van der Waals surface area contributed by atoms with Crippen molar-refractivity contribution in [2.24, 2.45) is 0 Å². The predicted octanol–water partition coefficient (Wildman–Crippen LogP) is 6.65. The fraction of sp³-hybridized carbons (Fsp3) is 0.250. The summed E-state index contributed by atoms with van der Waals surface area (Å²) < 4.78 is 5.43. The highest BCUT2D eigenvalue weighted by Crippen LogP contribution is 2.41. The van der Waals surface area contributed by atoms with Gasteiger partial charge in [-0.1, -0.05) is 48.5 Å². The Morgan fingerprint density at radius 3 is 1.62 bits per heavy atom. The number of benzene rings is 3. The maximum absolute atomic E-state index is 11.3. The molecule has 0 atom stereocenters. The number of carboxylic acids is 2. The molecule has 0 radical (unpaired) electrons. The van der Waals surface area contributed by atoms with E-state index in [0.29, 0.717) is 25.7 Å². The molecule has 0 saturated carbocycles. The summed E-state index contributed by atoms with van der Waals surface area (Å²) in [7, 11) is 1.64. The molecule has 5 aromatic rings. The van der Waals surface area contributed by atoms with Gasteiger partial charge >= 0.3 is 11.9 Å². The van der Waals surface area contributed by atoms with E-state index in [4.69, 9.17) is 4.74 Å². The lowest BCUT2D eigenvalue weighted by Gasteiger charge is -2.20. The Morgan fingerprint density at radius 1 is 0.718 bits per heavy atom. The number of aromatic amines is 2. The number of aryl methyl sites for hydroxylation is 2. The lowest BCUT2D eigenvalue weighted by molar-refractivity contribution is -0.138. The molecule has 2 heterocycles. The van der Waals surface area contributed by atoms with Crippen LogP contribution in [0.4, 0.5) is 0 Å². The first kappa shape index (κ1) is 26.1. The van der Waals surface area contributed by atoms with Gasteiger partial charge in [-0.3, -0.25) is 9.59 Å². The maximum Gasteiger partial charge on any atom is 0.303 e. The number of para-hydroxylation sites is 2. The molecule has 0 unspecified atom stereocenters. The van der Waals surface area contributed by atoms with E-state index in [-0.39, 0.29) is 18.8 Å². The van der Waals surface area contributed by atoms with Gasteiger partial charge in [0.25, 0.3) is 0 Å². The average Bonchev–Trinajstić information content (AvgIpc) is 3.47. The van der Waals surface area contributed by atoms with Crippen LogP contribution in [-0.2, 0) is 22.4 Å². The Kier molecular flexibility index (Phi) is 7.68. The quantitative estimate of drug-likeness (QED) is 0.146. The molecule has 0 amide bonds. The maximum atomic E-state index is 11.3. The number of carboxylic acid groups (broad SMARTS) is 2. The summed E-state index contributed by atoms with van der Waals surface area (Å²) in [5.74, 6) is -1.07. The highest BCUT2D eigenvalue weighted by atomic mass is 16.5. The number of aromatic nitrogens is 2. The summed E-state index contributed by atoms with van der Waals surface area (Å²) in [4.78, 5) is 30.0. The number of carbonyl (C=O) groups is 2. The normalized spacial score (nSPS) is 11.4. The van der Waals surface area contributed by atoms with Crippen LogP contribution >= 0.6 is 0 Å². The molecule has 5 rings (SSSR count). The molecule has 0 aliphatic rings. The molecule has 0 aliphatic carbocycles. The summed E-state index contributed by atoms with van der Waals surface area (Å²) in [6, 6.07) is 24.2. The van der Waals surface area contributed by atoms with Gasteiger partial charge in [0.1, 0.15) is 5.75 Å². The van der Waals surface area contributed by atoms with Crippen LogP contribution in [0.1, 0.15) is 59.7 Å². The molecule has 200 valence electrons. The highest BCUT2D eigenvalue weighted by Gasteiger charge is 2.28. The van der Waals surface area contributed by atoms with Crippen molar-refractivity contribution >= 4 is 33.7 Å². The zero-order valence-electron chi connectivity index (χ0n) is 21.9. The molecule has 0 bridgehead atoms. The largest absolute Gasteiger partial charge is 0.497 e. The van der Waals surface area contributed by atoms with Crippen molar-refractivity contribution in [3.63, 3.8) is 0 Å². The number of rotatable bonds is 12. The van der Waals surface area contributed by atoms with Crippen LogP contribution in [0.15, 0.2) is 72.8 Å². The minimum absolute atomic E-state index is 0.0962. The summed E-state index contributed by atoms with van der Waals surface area (Å²) in [5, 5.41) is 20.8. The minimum atomic E-state index is -0.806. The SMILES string of the molecule is COc1ccc(C(c2[nH]c3ccccc3c2CCCC(=O)O)c2[nH]c3ccccc3c2CCCC(=O)O)cc1. The van der Waals surface area contributed by atoms with Crippen LogP contribution in [0.5, 0.6) is 5.75 Å². The van der Waals surface area contributed by atoms with E-state index in [2.05, 4.69) is 34.2 Å². The summed E-state index contributed by atoms with van der Waals surface area (Å²) in [6.07, 6.45) is 2.48. The van der Waals surface area contributed by atoms with E-state index in [1.165, 1.54) is 0 Å². The second-order valence-corrected chi connectivity index (χ2v) is 9.83. The van der Waals surface area contributed by atoms with Gasteiger partial charge in [-0.15, -0.1) is 0 Å². The molecule has 39 heavy (non-hydrogen) atoms. The number of methoxy groups -OCH3 is 1. The van der Waals surface area contributed by atoms with E-state index >= 15 is 0 Å². The van der Waals surface area contributed by atoms with E-state index in [0.717, 1.165) is 55.6 Å². The topological polar surface area (TPSA) is 115 Å². The van der Waals surface area contributed by atoms with Crippen LogP contribution in [0.2, 0.25) is 0 Å². The fourth-order valence-corrected chi connectivity index (χ4v) is 5.58. The van der Waals surface area contributed by atoms with Crippen molar-refractivity contribution in [1.82, 2.24) is 9.97 Å². The second kappa shape index (κ2) is 11.5.